The Labute approximate surface area is 165 Å². The molecule has 0 saturated heterocycles. The Morgan fingerprint density at radius 3 is 2.54 bits per heavy atom. The number of rotatable bonds is 7. The van der Waals surface area contributed by atoms with E-state index in [-0.39, 0.29) is 23.5 Å². The van der Waals surface area contributed by atoms with E-state index >= 15 is 0 Å². The number of hydrogen-bond acceptors (Lipinski definition) is 5. The third kappa shape index (κ3) is 4.47. The SMILES string of the molecule is C=CCc1cc(C2NC(=O)NC(C(C)C)=C2C(=O)OC(C)C)cc(OC)c1O. The second-order valence-electron chi connectivity index (χ2n) is 7.19. The highest BCUT2D eigenvalue weighted by Gasteiger charge is 2.35. The Kier molecular flexibility index (Phi) is 6.72. The maximum Gasteiger partial charge on any atom is 0.338 e. The fourth-order valence-electron chi connectivity index (χ4n) is 3.12. The Morgan fingerprint density at radius 2 is 2.00 bits per heavy atom. The molecule has 1 aromatic rings. The minimum atomic E-state index is -0.740. The Balaban J connectivity index is 2.67. The van der Waals surface area contributed by atoms with Crippen LogP contribution in [0.2, 0.25) is 0 Å². The minimum Gasteiger partial charge on any atom is -0.504 e. The predicted octanol–water partition coefficient (Wildman–Crippen LogP) is 3.34. The van der Waals surface area contributed by atoms with Crippen molar-refractivity contribution in [2.24, 2.45) is 5.92 Å². The molecule has 1 aliphatic rings. The number of urea groups is 1. The molecule has 152 valence electrons. The van der Waals surface area contributed by atoms with Gasteiger partial charge >= 0.3 is 12.0 Å². The molecular weight excluding hydrogens is 360 g/mol. The number of hydrogen-bond donors (Lipinski definition) is 3. The van der Waals surface area contributed by atoms with Crippen LogP contribution in [0.3, 0.4) is 0 Å². The fraction of sp³-hybridized carbons (Fsp3) is 0.429. The van der Waals surface area contributed by atoms with E-state index in [0.717, 1.165) is 0 Å². The highest BCUT2D eigenvalue weighted by Crippen LogP contribution is 2.38. The second kappa shape index (κ2) is 8.82. The Morgan fingerprint density at radius 1 is 1.32 bits per heavy atom. The minimum absolute atomic E-state index is 0.00535. The summed E-state index contributed by atoms with van der Waals surface area (Å²) in [7, 11) is 1.45. The molecule has 7 nitrogen and oxygen atoms in total. The number of carbonyl (C=O) groups is 2. The molecule has 2 amide bonds. The largest absolute Gasteiger partial charge is 0.504 e. The van der Waals surface area contributed by atoms with Gasteiger partial charge in [0.15, 0.2) is 11.5 Å². The van der Waals surface area contributed by atoms with E-state index in [0.29, 0.717) is 28.8 Å². The van der Waals surface area contributed by atoms with E-state index in [4.69, 9.17) is 9.47 Å². The van der Waals surface area contributed by atoms with E-state index in [2.05, 4.69) is 17.2 Å². The lowest BCUT2D eigenvalue weighted by molar-refractivity contribution is -0.143. The van der Waals surface area contributed by atoms with Gasteiger partial charge in [0.2, 0.25) is 0 Å². The van der Waals surface area contributed by atoms with Crippen molar-refractivity contribution in [3.63, 3.8) is 0 Å². The van der Waals surface area contributed by atoms with Crippen LogP contribution in [-0.4, -0.2) is 30.3 Å². The molecule has 1 atom stereocenters. The number of amides is 2. The molecule has 1 heterocycles. The van der Waals surface area contributed by atoms with E-state index in [1.165, 1.54) is 7.11 Å². The van der Waals surface area contributed by atoms with E-state index in [1.54, 1.807) is 32.1 Å². The van der Waals surface area contributed by atoms with E-state index in [9.17, 15) is 14.7 Å². The van der Waals surface area contributed by atoms with Crippen molar-refractivity contribution in [1.82, 2.24) is 10.6 Å². The average Bonchev–Trinajstić information content (AvgIpc) is 2.62. The summed E-state index contributed by atoms with van der Waals surface area (Å²) in [5.41, 5.74) is 2.03. The van der Waals surface area contributed by atoms with Gasteiger partial charge in [0.1, 0.15) is 0 Å². The number of ether oxygens (including phenoxy) is 2. The number of phenolic OH excluding ortho intramolecular Hbond substituents is 1. The van der Waals surface area contributed by atoms with Gasteiger partial charge in [-0.15, -0.1) is 6.58 Å². The molecule has 0 saturated carbocycles. The highest BCUT2D eigenvalue weighted by molar-refractivity contribution is 5.95. The van der Waals surface area contributed by atoms with Crippen molar-refractivity contribution < 1.29 is 24.2 Å². The summed E-state index contributed by atoms with van der Waals surface area (Å²) >= 11 is 0. The number of phenols is 1. The van der Waals surface area contributed by atoms with Crippen molar-refractivity contribution in [2.45, 2.75) is 46.3 Å². The molecule has 2 rings (SSSR count). The van der Waals surface area contributed by atoms with Crippen molar-refractivity contribution in [3.05, 3.63) is 47.2 Å². The smallest absolute Gasteiger partial charge is 0.338 e. The molecule has 7 heteroatoms. The molecule has 0 aliphatic carbocycles. The molecule has 1 aliphatic heterocycles. The number of methoxy groups -OCH3 is 1. The third-order valence-electron chi connectivity index (χ3n) is 4.34. The first-order valence-corrected chi connectivity index (χ1v) is 9.22. The molecule has 1 unspecified atom stereocenters. The number of esters is 1. The van der Waals surface area contributed by atoms with Crippen LogP contribution in [0.4, 0.5) is 4.79 Å². The van der Waals surface area contributed by atoms with Gasteiger partial charge in [0.05, 0.1) is 24.8 Å². The van der Waals surface area contributed by atoms with Crippen molar-refractivity contribution >= 4 is 12.0 Å². The van der Waals surface area contributed by atoms with E-state index < -0.39 is 18.0 Å². The van der Waals surface area contributed by atoms with Crippen LogP contribution in [0.25, 0.3) is 0 Å². The van der Waals surface area contributed by atoms with Crippen LogP contribution in [0.1, 0.15) is 44.9 Å². The zero-order chi connectivity index (χ0) is 21.0. The summed E-state index contributed by atoms with van der Waals surface area (Å²) in [6.45, 7) is 11.0. The summed E-state index contributed by atoms with van der Waals surface area (Å²) in [6, 6.07) is 2.19. The van der Waals surface area contributed by atoms with Crippen molar-refractivity contribution in [2.75, 3.05) is 7.11 Å². The first-order valence-electron chi connectivity index (χ1n) is 9.22. The summed E-state index contributed by atoms with van der Waals surface area (Å²) in [4.78, 5) is 25.2. The van der Waals surface area contributed by atoms with E-state index in [1.807, 2.05) is 13.8 Å². The van der Waals surface area contributed by atoms with Crippen LogP contribution in [0.15, 0.2) is 36.1 Å². The van der Waals surface area contributed by atoms with Gasteiger partial charge in [-0.05, 0) is 43.9 Å². The molecule has 0 spiro atoms. The van der Waals surface area contributed by atoms with Crippen LogP contribution in [0.5, 0.6) is 11.5 Å². The maximum absolute atomic E-state index is 12.9. The van der Waals surface area contributed by atoms with Crippen LogP contribution < -0.4 is 15.4 Å². The lowest BCUT2D eigenvalue weighted by Crippen LogP contribution is -2.47. The maximum atomic E-state index is 12.9. The number of nitrogens with one attached hydrogen (secondary N) is 2. The summed E-state index contributed by atoms with van der Waals surface area (Å²) in [6.07, 6.45) is 1.75. The number of allylic oxidation sites excluding steroid dienone is 2. The van der Waals surface area contributed by atoms with Gasteiger partial charge in [0, 0.05) is 11.3 Å². The predicted molar refractivity (Wildman–Crippen MR) is 106 cm³/mol. The zero-order valence-electron chi connectivity index (χ0n) is 17.0. The van der Waals surface area contributed by atoms with Gasteiger partial charge in [-0.1, -0.05) is 19.9 Å². The topological polar surface area (TPSA) is 96.9 Å². The summed E-state index contributed by atoms with van der Waals surface area (Å²) in [5.74, 6) is -0.348. The van der Waals surface area contributed by atoms with Crippen LogP contribution in [0, 0.1) is 5.92 Å². The van der Waals surface area contributed by atoms with Gasteiger partial charge in [0.25, 0.3) is 0 Å². The number of carbonyl (C=O) groups excluding carboxylic acids is 2. The quantitative estimate of drug-likeness (QED) is 0.492. The Bertz CT molecular complexity index is 811. The van der Waals surface area contributed by atoms with Crippen LogP contribution in [-0.2, 0) is 16.0 Å². The second-order valence-corrected chi connectivity index (χ2v) is 7.19. The third-order valence-corrected chi connectivity index (χ3v) is 4.34. The average molecular weight is 388 g/mol. The van der Waals surface area contributed by atoms with Crippen molar-refractivity contribution in [1.29, 1.82) is 0 Å². The Hall–Kier alpha value is -2.96. The first-order chi connectivity index (χ1) is 13.2. The molecule has 1 aromatic carbocycles. The van der Waals surface area contributed by atoms with Gasteiger partial charge in [-0.3, -0.25) is 0 Å². The fourth-order valence-corrected chi connectivity index (χ4v) is 3.12. The molecule has 3 N–H and O–H groups in total. The monoisotopic (exact) mass is 388 g/mol. The molecule has 0 bridgehead atoms. The van der Waals surface area contributed by atoms with Gasteiger partial charge in [-0.2, -0.15) is 0 Å². The lowest BCUT2D eigenvalue weighted by atomic mass is 9.90. The number of benzene rings is 1. The van der Waals surface area contributed by atoms with Crippen molar-refractivity contribution in [3.8, 4) is 11.5 Å². The normalized spacial score (nSPS) is 16.7. The standard InChI is InChI=1S/C21H28N2O5/c1-7-8-13-9-14(10-15(27-6)19(13)24)18-16(20(25)28-12(4)5)17(11(2)3)22-21(26)23-18/h7,9-12,18,24H,1,8H2,2-6H3,(H2,22,23,26). The molecule has 0 fully saturated rings. The first kappa shape index (κ1) is 21.3. The zero-order valence-corrected chi connectivity index (χ0v) is 17.0. The molecule has 0 aromatic heterocycles. The highest BCUT2D eigenvalue weighted by atomic mass is 16.5. The molecule has 0 radical (unpaired) electrons. The van der Waals surface area contributed by atoms with Gasteiger partial charge in [-0.25, -0.2) is 9.59 Å². The number of aromatic hydroxyl groups is 1. The molecular formula is C21H28N2O5. The lowest BCUT2D eigenvalue weighted by Gasteiger charge is -2.31. The van der Waals surface area contributed by atoms with Gasteiger partial charge < -0.3 is 25.2 Å². The van der Waals surface area contributed by atoms with Crippen LogP contribution >= 0.6 is 0 Å². The summed E-state index contributed by atoms with van der Waals surface area (Å²) in [5, 5.41) is 15.9. The summed E-state index contributed by atoms with van der Waals surface area (Å²) < 4.78 is 10.7. The molecule has 28 heavy (non-hydrogen) atoms.